The molecule has 0 saturated heterocycles. The maximum atomic E-state index is 13.3. The predicted molar refractivity (Wildman–Crippen MR) is 154 cm³/mol. The van der Waals surface area contributed by atoms with Crippen molar-refractivity contribution in [2.75, 3.05) is 25.0 Å². The van der Waals surface area contributed by atoms with E-state index in [2.05, 4.69) is 26.1 Å². The predicted octanol–water partition coefficient (Wildman–Crippen LogP) is -1.16. The minimum absolute atomic E-state index is 0.107. The molecule has 1 aromatic heterocycles. The first-order valence-electron chi connectivity index (χ1n) is 13.7. The Bertz CT molecular complexity index is 1230. The van der Waals surface area contributed by atoms with Gasteiger partial charge in [-0.05, 0) is 89.2 Å². The summed E-state index contributed by atoms with van der Waals surface area (Å²) in [5.74, 6) is -1.49. The summed E-state index contributed by atoms with van der Waals surface area (Å²) < 4.78 is 0. The van der Waals surface area contributed by atoms with Crippen LogP contribution in [0.2, 0.25) is 0 Å². The molecule has 222 valence electrons. The molecule has 14 heteroatoms. The monoisotopic (exact) mass is 561 g/mol. The number of amides is 3. The molecule has 0 radical (unpaired) electrons. The summed E-state index contributed by atoms with van der Waals surface area (Å²) in [5, 5.41) is 13.0. The lowest BCUT2D eigenvalue weighted by atomic mass is 10.0. The molecule has 0 aliphatic heterocycles. The molecule has 1 aromatic carbocycles. The van der Waals surface area contributed by atoms with Crippen molar-refractivity contribution in [1.82, 2.24) is 20.8 Å². The third kappa shape index (κ3) is 10.2. The van der Waals surface area contributed by atoms with Crippen LogP contribution in [-0.4, -0.2) is 65.7 Å². The fourth-order valence-electron chi connectivity index (χ4n) is 4.20. The molecule has 3 atom stereocenters. The Morgan fingerprint density at radius 2 is 1.18 bits per heavy atom. The second-order valence-corrected chi connectivity index (χ2v) is 9.74. The van der Waals surface area contributed by atoms with Crippen molar-refractivity contribution in [3.63, 3.8) is 0 Å². The van der Waals surface area contributed by atoms with Crippen LogP contribution in [0.25, 0.3) is 10.8 Å². The summed E-state index contributed by atoms with van der Waals surface area (Å²) in [6.45, 7) is 1.36. The molecule has 0 aliphatic carbocycles. The van der Waals surface area contributed by atoms with E-state index in [0.717, 1.165) is 6.42 Å². The van der Waals surface area contributed by atoms with Gasteiger partial charge in [-0.1, -0.05) is 6.42 Å². The van der Waals surface area contributed by atoms with Crippen molar-refractivity contribution in [2.45, 2.75) is 75.9 Å². The van der Waals surface area contributed by atoms with Gasteiger partial charge in [0.05, 0.1) is 16.8 Å². The Balaban J connectivity index is 2.18. The molecule has 0 spiro atoms. The summed E-state index contributed by atoms with van der Waals surface area (Å²) in [6.07, 6.45) is 4.94. The van der Waals surface area contributed by atoms with Crippen LogP contribution in [0.15, 0.2) is 27.8 Å². The van der Waals surface area contributed by atoms with Crippen LogP contribution in [0.4, 0.5) is 5.69 Å². The van der Waals surface area contributed by atoms with E-state index in [9.17, 15) is 24.0 Å². The maximum absolute atomic E-state index is 13.3. The first-order chi connectivity index (χ1) is 19.2. The van der Waals surface area contributed by atoms with E-state index < -0.39 is 47.0 Å². The minimum atomic E-state index is -0.945. The van der Waals surface area contributed by atoms with E-state index in [-0.39, 0.29) is 16.5 Å². The molecule has 2 aromatic rings. The van der Waals surface area contributed by atoms with Gasteiger partial charge >= 0.3 is 0 Å². The average molecular weight is 562 g/mol. The second-order valence-electron chi connectivity index (χ2n) is 9.74. The molecule has 3 amide bonds. The number of benzene rings is 1. The summed E-state index contributed by atoms with van der Waals surface area (Å²) in [5.41, 5.74) is 22.0. The summed E-state index contributed by atoms with van der Waals surface area (Å²) in [4.78, 5) is 63.4. The highest BCUT2D eigenvalue weighted by Crippen LogP contribution is 2.15. The van der Waals surface area contributed by atoms with Crippen LogP contribution in [0.1, 0.15) is 57.8 Å². The number of carbonyl (C=O) groups excluding carboxylic acids is 3. The fourth-order valence-corrected chi connectivity index (χ4v) is 4.20. The maximum Gasteiger partial charge on any atom is 0.270 e. The first-order valence-corrected chi connectivity index (χ1v) is 13.7. The number of rotatable bonds is 18. The Morgan fingerprint density at radius 1 is 0.675 bits per heavy atom. The number of carbonyl (C=O) groups is 3. The summed E-state index contributed by atoms with van der Waals surface area (Å²) in [7, 11) is 0. The van der Waals surface area contributed by atoms with Crippen LogP contribution >= 0.6 is 0 Å². The van der Waals surface area contributed by atoms with Gasteiger partial charge in [0.1, 0.15) is 12.1 Å². The molecular weight excluding hydrogens is 518 g/mol. The Labute approximate surface area is 232 Å². The third-order valence-electron chi connectivity index (χ3n) is 6.53. The highest BCUT2D eigenvalue weighted by molar-refractivity contribution is 5.99. The van der Waals surface area contributed by atoms with Crippen LogP contribution in [-0.2, 0) is 14.4 Å². The van der Waals surface area contributed by atoms with Crippen molar-refractivity contribution >= 4 is 34.2 Å². The van der Waals surface area contributed by atoms with Crippen LogP contribution < -0.4 is 50.0 Å². The molecule has 14 nitrogen and oxygen atoms in total. The highest BCUT2D eigenvalue weighted by atomic mass is 16.2. The lowest BCUT2D eigenvalue weighted by Gasteiger charge is -2.24. The van der Waals surface area contributed by atoms with Gasteiger partial charge in [0.25, 0.3) is 11.1 Å². The summed E-state index contributed by atoms with van der Waals surface area (Å²) in [6, 6.07) is 1.68. The lowest BCUT2D eigenvalue weighted by Crippen LogP contribution is -2.55. The molecule has 0 aliphatic rings. The van der Waals surface area contributed by atoms with Gasteiger partial charge in [-0.3, -0.25) is 34.2 Å². The minimum Gasteiger partial charge on any atom is -0.343 e. The molecule has 40 heavy (non-hydrogen) atoms. The van der Waals surface area contributed by atoms with E-state index in [1.54, 1.807) is 0 Å². The van der Waals surface area contributed by atoms with Gasteiger partial charge in [-0.2, -0.15) is 0 Å². The highest BCUT2D eigenvalue weighted by Gasteiger charge is 2.28. The van der Waals surface area contributed by atoms with Crippen molar-refractivity contribution in [3.05, 3.63) is 38.9 Å². The van der Waals surface area contributed by atoms with E-state index >= 15 is 0 Å². The number of hydrogen-bond donors (Lipinski definition) is 9. The number of nitrogens with two attached hydrogens (primary N) is 4. The van der Waals surface area contributed by atoms with E-state index in [0.29, 0.717) is 71.0 Å². The number of unbranched alkanes of at least 4 members (excludes halogenated alkanes) is 3. The van der Waals surface area contributed by atoms with Crippen LogP contribution in [0, 0.1) is 0 Å². The number of fused-ring (bicyclic) bond motifs is 1. The molecule has 0 unspecified atom stereocenters. The van der Waals surface area contributed by atoms with Crippen molar-refractivity contribution in [2.24, 2.45) is 22.9 Å². The number of H-pyrrole nitrogens is 2. The third-order valence-corrected chi connectivity index (χ3v) is 6.53. The Kier molecular flexibility index (Phi) is 14.0. The molecule has 0 bridgehead atoms. The molecular formula is C26H43N9O5. The van der Waals surface area contributed by atoms with Crippen molar-refractivity contribution in [3.8, 4) is 0 Å². The standard InChI is InChI=1S/C26H43N9O5/c27-12-4-1-7-19(30)24(38)32-21(9-3-6-14-29)26(40)33-20(8-2-5-13-28)25(39)31-16-10-11-17-18(15-16)23(37)35-34-22(17)36/h10-11,15,19-21H,1-9,12-14,27-30H2,(H,31,39)(H,32,38)(H,33,40)(H,34,36)(H,35,37)/t19-,20-,21-/m0/s1. The molecule has 2 rings (SSSR count). The largest absolute Gasteiger partial charge is 0.343 e. The van der Waals surface area contributed by atoms with Gasteiger partial charge in [0.15, 0.2) is 0 Å². The number of nitrogens with one attached hydrogen (secondary N) is 5. The molecule has 0 saturated carbocycles. The lowest BCUT2D eigenvalue weighted by molar-refractivity contribution is -0.131. The SMILES string of the molecule is NCCCC[C@H](NC(=O)[C@H](CCCCN)NC(=O)[C@@H](N)CCCCN)C(=O)Nc1ccc2c(=O)[nH][nH]c(=O)c2c1. The second kappa shape index (κ2) is 17.2. The first kappa shape index (κ1) is 32.6. The number of anilines is 1. The number of aromatic nitrogens is 2. The van der Waals surface area contributed by atoms with E-state index in [4.69, 9.17) is 22.9 Å². The zero-order valence-corrected chi connectivity index (χ0v) is 22.8. The van der Waals surface area contributed by atoms with Gasteiger partial charge in [-0.25, -0.2) is 0 Å². The zero-order chi connectivity index (χ0) is 29.5. The summed E-state index contributed by atoms with van der Waals surface area (Å²) >= 11 is 0. The van der Waals surface area contributed by atoms with Crippen LogP contribution in [0.3, 0.4) is 0 Å². The quantitative estimate of drug-likeness (QED) is 0.0993. The Hall–Kier alpha value is -3.59. The molecule has 13 N–H and O–H groups in total. The molecule has 0 fully saturated rings. The number of hydrogen-bond acceptors (Lipinski definition) is 9. The van der Waals surface area contributed by atoms with Gasteiger partial charge < -0.3 is 38.9 Å². The van der Waals surface area contributed by atoms with Crippen molar-refractivity contribution in [1.29, 1.82) is 0 Å². The van der Waals surface area contributed by atoms with E-state index in [1.807, 2.05) is 0 Å². The fraction of sp³-hybridized carbons (Fsp3) is 0.577. The average Bonchev–Trinajstić information content (AvgIpc) is 2.94. The topological polar surface area (TPSA) is 257 Å². The van der Waals surface area contributed by atoms with Crippen LogP contribution in [0.5, 0.6) is 0 Å². The van der Waals surface area contributed by atoms with Crippen molar-refractivity contribution < 1.29 is 14.4 Å². The normalized spacial score (nSPS) is 13.4. The van der Waals surface area contributed by atoms with Gasteiger partial charge in [0.2, 0.25) is 17.7 Å². The smallest absolute Gasteiger partial charge is 0.270 e. The van der Waals surface area contributed by atoms with E-state index in [1.165, 1.54) is 18.2 Å². The zero-order valence-electron chi connectivity index (χ0n) is 22.8. The molecule has 1 heterocycles. The van der Waals surface area contributed by atoms with Gasteiger partial charge in [-0.15, -0.1) is 0 Å². The Morgan fingerprint density at radius 3 is 1.75 bits per heavy atom. The number of aromatic amines is 2. The van der Waals surface area contributed by atoms with Gasteiger partial charge in [0, 0.05) is 5.69 Å².